The molecule has 4 rings (SSSR count). The molecule has 0 N–H and O–H groups in total. The van der Waals surface area contributed by atoms with Gasteiger partial charge in [-0.05, 0) is 24.3 Å². The molecule has 2 aliphatic rings. The average molecular weight is 450 g/mol. The van der Waals surface area contributed by atoms with Gasteiger partial charge >= 0.3 is 0 Å². The lowest BCUT2D eigenvalue weighted by molar-refractivity contribution is -0.132. The maximum atomic E-state index is 13.6. The zero-order valence-electron chi connectivity index (χ0n) is 16.8. The molecule has 2 aromatic carbocycles. The molecule has 2 aliphatic heterocycles. The summed E-state index contributed by atoms with van der Waals surface area (Å²) in [7, 11) is -3.71. The van der Waals surface area contributed by atoms with E-state index >= 15 is 0 Å². The van der Waals surface area contributed by atoms with Gasteiger partial charge in [0.05, 0.1) is 17.9 Å². The molecule has 0 bridgehead atoms. The van der Waals surface area contributed by atoms with Gasteiger partial charge in [0.1, 0.15) is 13.2 Å². The molecule has 2 aromatic rings. The Labute approximate surface area is 180 Å². The van der Waals surface area contributed by atoms with Gasteiger partial charge in [-0.1, -0.05) is 12.1 Å². The van der Waals surface area contributed by atoms with Crippen molar-refractivity contribution < 1.29 is 31.8 Å². The number of sulfonamides is 1. The zero-order valence-corrected chi connectivity index (χ0v) is 17.6. The minimum atomic E-state index is -3.71. The Kier molecular flexibility index (Phi) is 6.28. The number of hydrogen-bond acceptors (Lipinski definition) is 6. The first-order chi connectivity index (χ1) is 14.9. The van der Waals surface area contributed by atoms with Crippen molar-refractivity contribution in [3.63, 3.8) is 0 Å². The van der Waals surface area contributed by atoms with E-state index in [0.717, 1.165) is 0 Å². The van der Waals surface area contributed by atoms with Gasteiger partial charge in [-0.25, -0.2) is 12.8 Å². The van der Waals surface area contributed by atoms with Crippen molar-refractivity contribution in [3.8, 4) is 17.2 Å². The number of carbonyl (C=O) groups excluding carboxylic acids is 1. The normalized spacial score (nSPS) is 16.7. The summed E-state index contributed by atoms with van der Waals surface area (Å²) in [5.74, 6) is 0.403. The summed E-state index contributed by atoms with van der Waals surface area (Å²) in [5.41, 5.74) is 0. The van der Waals surface area contributed by atoms with E-state index in [9.17, 15) is 17.6 Å². The molecule has 0 radical (unpaired) electrons. The SMILES string of the molecule is O=C(CCOc1ccccc1F)N1CCN(S(=O)(=O)c2ccc3c(c2)OCCO3)CC1. The van der Waals surface area contributed by atoms with E-state index in [1.807, 2.05) is 0 Å². The molecule has 166 valence electrons. The van der Waals surface area contributed by atoms with Crippen molar-refractivity contribution in [1.82, 2.24) is 9.21 Å². The van der Waals surface area contributed by atoms with E-state index in [1.54, 1.807) is 23.1 Å². The molecular formula is C21H23FN2O6S. The molecule has 0 aromatic heterocycles. The number of nitrogens with zero attached hydrogens (tertiary/aromatic N) is 2. The molecule has 0 spiro atoms. The van der Waals surface area contributed by atoms with E-state index in [4.69, 9.17) is 14.2 Å². The van der Waals surface area contributed by atoms with Gasteiger partial charge in [-0.15, -0.1) is 0 Å². The lowest BCUT2D eigenvalue weighted by atomic mass is 10.3. The van der Waals surface area contributed by atoms with Crippen LogP contribution in [0, 0.1) is 5.82 Å². The molecule has 31 heavy (non-hydrogen) atoms. The molecule has 1 amide bonds. The smallest absolute Gasteiger partial charge is 0.243 e. The van der Waals surface area contributed by atoms with Crippen LogP contribution < -0.4 is 14.2 Å². The molecule has 1 saturated heterocycles. The predicted molar refractivity (Wildman–Crippen MR) is 109 cm³/mol. The summed E-state index contributed by atoms with van der Waals surface area (Å²) in [6.45, 7) is 1.80. The lowest BCUT2D eigenvalue weighted by Gasteiger charge is -2.34. The van der Waals surface area contributed by atoms with Crippen LogP contribution in [0.1, 0.15) is 6.42 Å². The van der Waals surface area contributed by atoms with E-state index in [2.05, 4.69) is 0 Å². The van der Waals surface area contributed by atoms with Gasteiger partial charge < -0.3 is 19.1 Å². The highest BCUT2D eigenvalue weighted by Gasteiger charge is 2.31. The number of para-hydroxylation sites is 1. The first-order valence-electron chi connectivity index (χ1n) is 10.00. The van der Waals surface area contributed by atoms with E-state index in [-0.39, 0.29) is 55.8 Å². The fourth-order valence-electron chi connectivity index (χ4n) is 3.48. The highest BCUT2D eigenvalue weighted by molar-refractivity contribution is 7.89. The predicted octanol–water partition coefficient (Wildman–Crippen LogP) is 1.90. The number of rotatable bonds is 6. The Hall–Kier alpha value is -2.85. The quantitative estimate of drug-likeness (QED) is 0.668. The van der Waals surface area contributed by atoms with Gasteiger partial charge in [0.25, 0.3) is 0 Å². The van der Waals surface area contributed by atoms with Gasteiger partial charge in [0, 0.05) is 32.2 Å². The van der Waals surface area contributed by atoms with Gasteiger partial charge in [0.2, 0.25) is 15.9 Å². The topological polar surface area (TPSA) is 85.4 Å². The first kappa shape index (κ1) is 21.4. The molecule has 0 aliphatic carbocycles. The van der Waals surface area contributed by atoms with Crippen LogP contribution in [0.5, 0.6) is 17.2 Å². The Morgan fingerprint density at radius 2 is 1.71 bits per heavy atom. The molecule has 0 unspecified atom stereocenters. The van der Waals surface area contributed by atoms with E-state index in [1.165, 1.54) is 28.6 Å². The number of hydrogen-bond donors (Lipinski definition) is 0. The van der Waals surface area contributed by atoms with Crippen LogP contribution in [0.4, 0.5) is 4.39 Å². The average Bonchev–Trinajstić information content (AvgIpc) is 2.80. The number of ether oxygens (including phenoxy) is 3. The first-order valence-corrected chi connectivity index (χ1v) is 11.4. The molecule has 8 nitrogen and oxygen atoms in total. The summed E-state index contributed by atoms with van der Waals surface area (Å²) in [4.78, 5) is 14.1. The number of fused-ring (bicyclic) bond motifs is 1. The highest BCUT2D eigenvalue weighted by Crippen LogP contribution is 2.33. The number of benzene rings is 2. The number of halogens is 1. The largest absolute Gasteiger partial charge is 0.490 e. The zero-order chi connectivity index (χ0) is 21.8. The van der Waals surface area contributed by atoms with Crippen LogP contribution in [-0.4, -0.2) is 69.5 Å². The Balaban J connectivity index is 1.30. The Morgan fingerprint density at radius 3 is 2.45 bits per heavy atom. The molecule has 0 saturated carbocycles. The second kappa shape index (κ2) is 9.11. The monoisotopic (exact) mass is 450 g/mol. The third kappa shape index (κ3) is 4.75. The van der Waals surface area contributed by atoms with Crippen molar-refractivity contribution in [2.24, 2.45) is 0 Å². The highest BCUT2D eigenvalue weighted by atomic mass is 32.2. The maximum absolute atomic E-state index is 13.6. The number of amides is 1. The van der Waals surface area contributed by atoms with Gasteiger partial charge in [-0.2, -0.15) is 4.31 Å². The van der Waals surface area contributed by atoms with Crippen LogP contribution in [0.25, 0.3) is 0 Å². The molecule has 1 fully saturated rings. The van der Waals surface area contributed by atoms with E-state index in [0.29, 0.717) is 24.7 Å². The summed E-state index contributed by atoms with van der Waals surface area (Å²) in [6, 6.07) is 10.6. The second-order valence-corrected chi connectivity index (χ2v) is 9.06. The van der Waals surface area contributed by atoms with Crippen LogP contribution in [-0.2, 0) is 14.8 Å². The molecule has 2 heterocycles. The number of carbonyl (C=O) groups is 1. The Bertz CT molecular complexity index is 1050. The van der Waals surface area contributed by atoms with Crippen molar-refractivity contribution in [3.05, 3.63) is 48.3 Å². The minimum absolute atomic E-state index is 0.0511. The van der Waals surface area contributed by atoms with Crippen LogP contribution in [0.3, 0.4) is 0 Å². The van der Waals surface area contributed by atoms with Crippen LogP contribution in [0.15, 0.2) is 47.4 Å². The van der Waals surface area contributed by atoms with Crippen molar-refractivity contribution in [2.45, 2.75) is 11.3 Å². The van der Waals surface area contributed by atoms with Crippen LogP contribution in [0.2, 0.25) is 0 Å². The molecule has 0 atom stereocenters. The lowest BCUT2D eigenvalue weighted by Crippen LogP contribution is -2.50. The summed E-state index contributed by atoms with van der Waals surface area (Å²) < 4.78 is 57.1. The fourth-order valence-corrected chi connectivity index (χ4v) is 4.92. The summed E-state index contributed by atoms with van der Waals surface area (Å²) in [5, 5.41) is 0. The third-order valence-electron chi connectivity index (χ3n) is 5.15. The van der Waals surface area contributed by atoms with Crippen molar-refractivity contribution in [1.29, 1.82) is 0 Å². The van der Waals surface area contributed by atoms with Crippen molar-refractivity contribution >= 4 is 15.9 Å². The van der Waals surface area contributed by atoms with Crippen molar-refractivity contribution in [2.75, 3.05) is 46.0 Å². The number of piperazine rings is 1. The standard InChI is InChI=1S/C21H23FN2O6S/c22-17-3-1-2-4-18(17)28-12-7-21(25)23-8-10-24(11-9-23)31(26,27)16-5-6-19-20(15-16)30-14-13-29-19/h1-6,15H,7-14H2. The third-order valence-corrected chi connectivity index (χ3v) is 7.05. The molecule has 10 heteroatoms. The Morgan fingerprint density at radius 1 is 1.00 bits per heavy atom. The minimum Gasteiger partial charge on any atom is -0.490 e. The van der Waals surface area contributed by atoms with Gasteiger partial charge in [-0.3, -0.25) is 4.79 Å². The summed E-state index contributed by atoms with van der Waals surface area (Å²) >= 11 is 0. The van der Waals surface area contributed by atoms with E-state index < -0.39 is 15.8 Å². The van der Waals surface area contributed by atoms with Crippen LogP contribution >= 0.6 is 0 Å². The molecular weight excluding hydrogens is 427 g/mol. The second-order valence-electron chi connectivity index (χ2n) is 7.12. The summed E-state index contributed by atoms with van der Waals surface area (Å²) in [6.07, 6.45) is 0.0866. The van der Waals surface area contributed by atoms with Gasteiger partial charge in [0.15, 0.2) is 23.1 Å². The fraction of sp³-hybridized carbons (Fsp3) is 0.381. The maximum Gasteiger partial charge on any atom is 0.243 e.